The van der Waals surface area contributed by atoms with Gasteiger partial charge in [0.25, 0.3) is 16.1 Å². The van der Waals surface area contributed by atoms with Crippen LogP contribution in [-0.2, 0) is 10.2 Å². The summed E-state index contributed by atoms with van der Waals surface area (Å²) in [5.74, 6) is 0.407. The van der Waals surface area contributed by atoms with E-state index in [4.69, 9.17) is 9.88 Å². The van der Waals surface area contributed by atoms with Crippen molar-refractivity contribution >= 4 is 27.5 Å². The first kappa shape index (κ1) is 14.3. The molecule has 7 nitrogen and oxygen atoms in total. The van der Waals surface area contributed by atoms with Gasteiger partial charge in [-0.3, -0.25) is 4.79 Å². The molecular formula is C10H15N3O4S2. The molecule has 1 amide bonds. The van der Waals surface area contributed by atoms with Crippen LogP contribution in [0.1, 0.15) is 9.67 Å². The first-order valence-electron chi connectivity index (χ1n) is 5.62. The van der Waals surface area contributed by atoms with Crippen LogP contribution in [0.4, 0.5) is 0 Å². The van der Waals surface area contributed by atoms with E-state index in [0.717, 1.165) is 0 Å². The summed E-state index contributed by atoms with van der Waals surface area (Å²) >= 11 is 1.31. The minimum absolute atomic E-state index is 0.138. The third-order valence-corrected chi connectivity index (χ3v) is 4.90. The van der Waals surface area contributed by atoms with Crippen molar-refractivity contribution in [2.75, 3.05) is 33.3 Å². The summed E-state index contributed by atoms with van der Waals surface area (Å²) < 4.78 is 28.6. The van der Waals surface area contributed by atoms with E-state index in [0.29, 0.717) is 23.7 Å². The lowest BCUT2D eigenvalue weighted by Gasteiger charge is -2.32. The molecule has 9 heteroatoms. The zero-order chi connectivity index (χ0) is 14.0. The number of ether oxygens (including phenoxy) is 1. The van der Waals surface area contributed by atoms with E-state index < -0.39 is 10.2 Å². The van der Waals surface area contributed by atoms with Gasteiger partial charge in [-0.15, -0.1) is 11.3 Å². The Morgan fingerprint density at radius 2 is 2.00 bits per heavy atom. The number of hydrogen-bond donors (Lipinski definition) is 1. The van der Waals surface area contributed by atoms with E-state index >= 15 is 0 Å². The highest BCUT2D eigenvalue weighted by molar-refractivity contribution is 7.86. The highest BCUT2D eigenvalue weighted by atomic mass is 32.2. The number of rotatable bonds is 3. The number of amides is 1. The van der Waals surface area contributed by atoms with Crippen LogP contribution in [-0.4, -0.2) is 56.8 Å². The van der Waals surface area contributed by atoms with Crippen molar-refractivity contribution in [1.82, 2.24) is 9.21 Å². The molecule has 106 valence electrons. The fourth-order valence-corrected chi connectivity index (χ4v) is 3.40. The molecule has 2 N–H and O–H groups in total. The van der Waals surface area contributed by atoms with Crippen molar-refractivity contribution < 1.29 is 17.9 Å². The van der Waals surface area contributed by atoms with E-state index in [-0.39, 0.29) is 19.0 Å². The van der Waals surface area contributed by atoms with Crippen molar-refractivity contribution in [2.45, 2.75) is 0 Å². The maximum atomic E-state index is 12.3. The molecule has 1 aromatic heterocycles. The Bertz CT molecular complexity index is 561. The van der Waals surface area contributed by atoms with E-state index in [1.807, 2.05) is 0 Å². The van der Waals surface area contributed by atoms with Crippen molar-refractivity contribution in [1.29, 1.82) is 0 Å². The molecule has 0 aliphatic carbocycles. The number of nitrogens with two attached hydrogens (primary N) is 1. The maximum Gasteiger partial charge on any atom is 0.277 e. The molecule has 0 unspecified atom stereocenters. The molecule has 1 saturated heterocycles. The van der Waals surface area contributed by atoms with Crippen LogP contribution < -0.4 is 9.88 Å². The van der Waals surface area contributed by atoms with Gasteiger partial charge in [-0.1, -0.05) is 0 Å². The Morgan fingerprint density at radius 3 is 2.53 bits per heavy atom. The van der Waals surface area contributed by atoms with Crippen molar-refractivity contribution in [3.05, 3.63) is 16.3 Å². The third kappa shape index (κ3) is 3.06. The number of hydrogen-bond acceptors (Lipinski definition) is 5. The van der Waals surface area contributed by atoms with E-state index in [1.54, 1.807) is 16.3 Å². The van der Waals surface area contributed by atoms with Gasteiger partial charge < -0.3 is 9.64 Å². The normalized spacial score (nSPS) is 17.5. The second-order valence-corrected chi connectivity index (χ2v) is 6.52. The van der Waals surface area contributed by atoms with Crippen molar-refractivity contribution in [3.63, 3.8) is 0 Å². The number of carbonyl (C=O) groups excluding carboxylic acids is 1. The first-order valence-corrected chi connectivity index (χ1v) is 8.00. The second kappa shape index (κ2) is 5.45. The topological polar surface area (TPSA) is 92.9 Å². The average Bonchev–Trinajstić information content (AvgIpc) is 2.85. The van der Waals surface area contributed by atoms with Crippen LogP contribution in [0.15, 0.2) is 11.4 Å². The largest absolute Gasteiger partial charge is 0.495 e. The molecule has 2 heterocycles. The molecule has 1 fully saturated rings. The highest BCUT2D eigenvalue weighted by Gasteiger charge is 2.28. The Kier molecular flexibility index (Phi) is 4.09. The Hall–Kier alpha value is -1.16. The fraction of sp³-hybridized carbons (Fsp3) is 0.500. The smallest absolute Gasteiger partial charge is 0.277 e. The SMILES string of the molecule is COc1ccsc1C(=O)N1CCN(S(N)(=O)=O)CC1. The Morgan fingerprint density at radius 1 is 1.37 bits per heavy atom. The van der Waals surface area contributed by atoms with Crippen LogP contribution in [0.25, 0.3) is 0 Å². The minimum Gasteiger partial charge on any atom is -0.495 e. The molecule has 1 aromatic rings. The van der Waals surface area contributed by atoms with Gasteiger partial charge in [-0.05, 0) is 11.4 Å². The minimum atomic E-state index is -3.67. The number of methoxy groups -OCH3 is 1. The van der Waals surface area contributed by atoms with Crippen LogP contribution >= 0.6 is 11.3 Å². The van der Waals surface area contributed by atoms with Crippen molar-refractivity contribution in [3.8, 4) is 5.75 Å². The van der Waals surface area contributed by atoms with Gasteiger partial charge in [0, 0.05) is 26.2 Å². The van der Waals surface area contributed by atoms with Gasteiger partial charge in [0.05, 0.1) is 7.11 Å². The van der Waals surface area contributed by atoms with Crippen LogP contribution in [0.3, 0.4) is 0 Å². The number of nitrogens with zero attached hydrogens (tertiary/aromatic N) is 2. The van der Waals surface area contributed by atoms with E-state index in [9.17, 15) is 13.2 Å². The molecule has 1 aliphatic heterocycles. The molecule has 0 atom stereocenters. The lowest BCUT2D eigenvalue weighted by Crippen LogP contribution is -2.52. The van der Waals surface area contributed by atoms with Crippen LogP contribution in [0.5, 0.6) is 5.75 Å². The lowest BCUT2D eigenvalue weighted by molar-refractivity contribution is 0.0700. The average molecular weight is 305 g/mol. The third-order valence-electron chi connectivity index (χ3n) is 2.93. The molecule has 0 spiro atoms. The zero-order valence-electron chi connectivity index (χ0n) is 10.4. The maximum absolute atomic E-state index is 12.3. The van der Waals surface area contributed by atoms with Gasteiger partial charge in [-0.2, -0.15) is 12.7 Å². The molecule has 0 aromatic carbocycles. The van der Waals surface area contributed by atoms with E-state index in [2.05, 4.69) is 0 Å². The molecule has 0 bridgehead atoms. The van der Waals surface area contributed by atoms with Crippen LogP contribution in [0, 0.1) is 0 Å². The Labute approximate surface area is 115 Å². The van der Waals surface area contributed by atoms with Gasteiger partial charge in [-0.25, -0.2) is 5.14 Å². The summed E-state index contributed by atoms with van der Waals surface area (Å²) in [6, 6.07) is 1.73. The number of thiophene rings is 1. The predicted octanol–water partition coefficient (Wildman–Crippen LogP) is -0.282. The summed E-state index contributed by atoms with van der Waals surface area (Å²) in [5.41, 5.74) is 0. The zero-order valence-corrected chi connectivity index (χ0v) is 12.0. The summed E-state index contributed by atoms with van der Waals surface area (Å²) in [6.45, 7) is 1.10. The summed E-state index contributed by atoms with van der Waals surface area (Å²) in [7, 11) is -2.16. The summed E-state index contributed by atoms with van der Waals surface area (Å²) in [6.07, 6.45) is 0. The van der Waals surface area contributed by atoms with Crippen LogP contribution in [0.2, 0.25) is 0 Å². The Balaban J connectivity index is 2.04. The van der Waals surface area contributed by atoms with E-state index in [1.165, 1.54) is 22.8 Å². The van der Waals surface area contributed by atoms with Gasteiger partial charge >= 0.3 is 0 Å². The quantitative estimate of drug-likeness (QED) is 0.831. The van der Waals surface area contributed by atoms with Gasteiger partial charge in [0.2, 0.25) is 0 Å². The lowest BCUT2D eigenvalue weighted by atomic mass is 10.3. The molecule has 0 radical (unpaired) electrons. The number of carbonyl (C=O) groups is 1. The first-order chi connectivity index (χ1) is 8.93. The molecule has 0 saturated carbocycles. The predicted molar refractivity (Wildman–Crippen MR) is 71.5 cm³/mol. The summed E-state index contributed by atoms with van der Waals surface area (Å²) in [5, 5.41) is 6.83. The molecule has 1 aliphatic rings. The van der Waals surface area contributed by atoms with Gasteiger partial charge in [0.15, 0.2) is 0 Å². The molecular weight excluding hydrogens is 290 g/mol. The molecule has 19 heavy (non-hydrogen) atoms. The highest BCUT2D eigenvalue weighted by Crippen LogP contribution is 2.26. The number of piperazine rings is 1. The van der Waals surface area contributed by atoms with Gasteiger partial charge in [0.1, 0.15) is 10.6 Å². The standard InChI is InChI=1S/C10H15N3O4S2/c1-17-8-2-7-18-9(8)10(14)12-3-5-13(6-4-12)19(11,15)16/h2,7H,3-6H2,1H3,(H2,11,15,16). The summed E-state index contributed by atoms with van der Waals surface area (Å²) in [4.78, 5) is 14.4. The fourth-order valence-electron chi connectivity index (χ4n) is 1.90. The van der Waals surface area contributed by atoms with Crippen molar-refractivity contribution in [2.24, 2.45) is 5.14 Å². The second-order valence-electron chi connectivity index (χ2n) is 4.05. The molecule has 2 rings (SSSR count). The monoisotopic (exact) mass is 305 g/mol.